The molecule has 36 heavy (non-hydrogen) atoms. The van der Waals surface area contributed by atoms with Gasteiger partial charge < -0.3 is 10.6 Å². The Morgan fingerprint density at radius 1 is 0.500 bits per heavy atom. The third-order valence-electron chi connectivity index (χ3n) is 7.35. The minimum Gasteiger partial charge on any atom is -0.369 e. The second-order valence-corrected chi connectivity index (χ2v) is 9.93. The van der Waals surface area contributed by atoms with Crippen LogP contribution >= 0.6 is 0 Å². The molecule has 2 N–H and O–H groups in total. The predicted octanol–water partition coefficient (Wildman–Crippen LogP) is 7.45. The van der Waals surface area contributed by atoms with Crippen molar-refractivity contribution in [3.63, 3.8) is 0 Å². The number of rotatable bonds is 13. The fourth-order valence-electron chi connectivity index (χ4n) is 4.75. The second-order valence-electron chi connectivity index (χ2n) is 9.93. The van der Waals surface area contributed by atoms with Crippen molar-refractivity contribution in [1.29, 1.82) is 0 Å². The maximum atomic E-state index is 4.48. The highest BCUT2D eigenvalue weighted by Gasteiger charge is 2.08. The fourth-order valence-corrected chi connectivity index (χ4v) is 4.75. The summed E-state index contributed by atoms with van der Waals surface area (Å²) < 4.78 is 0. The summed E-state index contributed by atoms with van der Waals surface area (Å²) in [6.07, 6.45) is 13.4. The van der Waals surface area contributed by atoms with Gasteiger partial charge in [0.05, 0.1) is 11.0 Å². The van der Waals surface area contributed by atoms with Crippen molar-refractivity contribution in [3.05, 3.63) is 59.2 Å². The van der Waals surface area contributed by atoms with Gasteiger partial charge in [-0.15, -0.1) is 0 Å². The van der Waals surface area contributed by atoms with E-state index in [1.54, 1.807) is 12.7 Å². The Labute approximate surface area is 215 Å². The van der Waals surface area contributed by atoms with E-state index in [0.717, 1.165) is 46.5 Å². The van der Waals surface area contributed by atoms with Crippen LogP contribution in [0.15, 0.2) is 36.9 Å². The van der Waals surface area contributed by atoms with Crippen LogP contribution in [0, 0.1) is 27.7 Å². The highest BCUT2D eigenvalue weighted by molar-refractivity contribution is 5.92. The topological polar surface area (TPSA) is 75.6 Å². The van der Waals surface area contributed by atoms with Gasteiger partial charge in [0.25, 0.3) is 0 Å². The molecule has 0 saturated heterocycles. The molecule has 0 aliphatic heterocycles. The smallest absolute Gasteiger partial charge is 0.137 e. The van der Waals surface area contributed by atoms with Gasteiger partial charge in [0.2, 0.25) is 0 Å². The first kappa shape index (κ1) is 25.8. The Balaban J connectivity index is 1.06. The van der Waals surface area contributed by atoms with Crippen LogP contribution in [0.1, 0.15) is 73.6 Å². The van der Waals surface area contributed by atoms with Crippen LogP contribution in [0.2, 0.25) is 0 Å². The molecule has 4 rings (SSSR count). The molecule has 0 amide bonds. The van der Waals surface area contributed by atoms with E-state index in [2.05, 4.69) is 82.5 Å². The summed E-state index contributed by atoms with van der Waals surface area (Å²) in [5.74, 6) is 1.91. The van der Waals surface area contributed by atoms with Gasteiger partial charge in [-0.2, -0.15) is 0 Å². The Morgan fingerprint density at radius 3 is 1.31 bits per heavy atom. The number of fused-ring (bicyclic) bond motifs is 2. The summed E-state index contributed by atoms with van der Waals surface area (Å²) in [5, 5.41) is 9.28. The van der Waals surface area contributed by atoms with E-state index in [4.69, 9.17) is 0 Å². The third-order valence-corrected chi connectivity index (χ3v) is 7.35. The highest BCUT2D eigenvalue weighted by Crippen LogP contribution is 2.25. The number of nitrogens with one attached hydrogen (secondary N) is 2. The molecule has 2 aromatic carbocycles. The molecule has 0 saturated carbocycles. The number of anilines is 2. The lowest BCUT2D eigenvalue weighted by Gasteiger charge is -2.11. The molecular weight excluding hydrogens is 444 g/mol. The van der Waals surface area contributed by atoms with Gasteiger partial charge in [0, 0.05) is 23.9 Å². The first-order valence-corrected chi connectivity index (χ1v) is 13.5. The van der Waals surface area contributed by atoms with Gasteiger partial charge >= 0.3 is 0 Å². The molecule has 6 nitrogen and oxygen atoms in total. The minimum absolute atomic E-state index is 0.955. The molecule has 6 heteroatoms. The number of benzene rings is 2. The lowest BCUT2D eigenvalue weighted by molar-refractivity contribution is 0.577. The van der Waals surface area contributed by atoms with Crippen LogP contribution < -0.4 is 10.6 Å². The summed E-state index contributed by atoms with van der Waals surface area (Å²) in [6.45, 7) is 10.4. The van der Waals surface area contributed by atoms with Crippen LogP contribution in [0.25, 0.3) is 21.8 Å². The summed E-state index contributed by atoms with van der Waals surface area (Å²) in [6, 6.07) is 8.57. The van der Waals surface area contributed by atoms with Crippen molar-refractivity contribution in [3.8, 4) is 0 Å². The molecule has 0 aliphatic carbocycles. The number of aryl methyl sites for hydroxylation is 4. The van der Waals surface area contributed by atoms with Crippen molar-refractivity contribution in [1.82, 2.24) is 19.9 Å². The Morgan fingerprint density at radius 2 is 0.889 bits per heavy atom. The van der Waals surface area contributed by atoms with Gasteiger partial charge in [-0.1, -0.05) is 50.7 Å². The van der Waals surface area contributed by atoms with Gasteiger partial charge in [-0.05, 0) is 74.9 Å². The van der Waals surface area contributed by atoms with E-state index in [0.29, 0.717) is 0 Å². The average molecular weight is 485 g/mol. The molecule has 2 aromatic heterocycles. The molecular formula is C30H40N6. The minimum atomic E-state index is 0.955. The van der Waals surface area contributed by atoms with Crippen molar-refractivity contribution in [2.45, 2.75) is 79.1 Å². The van der Waals surface area contributed by atoms with Crippen LogP contribution in [-0.2, 0) is 0 Å². The molecule has 0 bridgehead atoms. The summed E-state index contributed by atoms with van der Waals surface area (Å²) in [4.78, 5) is 17.9. The van der Waals surface area contributed by atoms with Crippen molar-refractivity contribution in [2.24, 2.45) is 0 Å². The number of hydrogen-bond donors (Lipinski definition) is 2. The summed E-state index contributed by atoms with van der Waals surface area (Å²) >= 11 is 0. The predicted molar refractivity (Wildman–Crippen MR) is 152 cm³/mol. The van der Waals surface area contributed by atoms with Crippen molar-refractivity contribution < 1.29 is 0 Å². The van der Waals surface area contributed by atoms with Gasteiger partial charge in [-0.3, -0.25) is 0 Å². The lowest BCUT2D eigenvalue weighted by Crippen LogP contribution is -2.05. The van der Waals surface area contributed by atoms with E-state index in [1.807, 2.05) is 0 Å². The van der Waals surface area contributed by atoms with E-state index < -0.39 is 0 Å². The normalized spacial score (nSPS) is 11.3. The van der Waals surface area contributed by atoms with E-state index >= 15 is 0 Å². The van der Waals surface area contributed by atoms with E-state index in [-0.39, 0.29) is 0 Å². The second kappa shape index (κ2) is 12.6. The Kier molecular flexibility index (Phi) is 9.04. The Bertz CT molecular complexity index is 1200. The largest absolute Gasteiger partial charge is 0.369 e. The quantitative estimate of drug-likeness (QED) is 0.192. The monoisotopic (exact) mass is 484 g/mol. The summed E-state index contributed by atoms with van der Waals surface area (Å²) in [5.41, 5.74) is 7.13. The number of hydrogen-bond acceptors (Lipinski definition) is 6. The first-order chi connectivity index (χ1) is 17.6. The third kappa shape index (κ3) is 6.28. The number of unbranched alkanes of at least 4 members (excludes halogenated alkanes) is 7. The fraction of sp³-hybridized carbons (Fsp3) is 0.467. The van der Waals surface area contributed by atoms with Crippen molar-refractivity contribution in [2.75, 3.05) is 23.7 Å². The molecule has 0 atom stereocenters. The van der Waals surface area contributed by atoms with E-state index in [1.165, 1.54) is 73.6 Å². The Hall–Kier alpha value is -3.28. The molecule has 190 valence electrons. The van der Waals surface area contributed by atoms with Gasteiger partial charge in [0.15, 0.2) is 0 Å². The molecule has 2 heterocycles. The standard InChI is InChI=1S/C30H40N6/c1-21-13-15-25-27(23(21)3)33-19-35-29(25)31-17-11-9-7-5-6-8-10-12-18-32-30-26-16-14-22(2)24(4)28(26)34-20-36-30/h13-16,19-20H,5-12,17-18H2,1-4H3,(H,31,33,35)(H,32,34,36). The zero-order valence-electron chi connectivity index (χ0n) is 22.3. The average Bonchev–Trinajstić information content (AvgIpc) is 2.89. The van der Waals surface area contributed by atoms with Gasteiger partial charge in [0.1, 0.15) is 24.3 Å². The van der Waals surface area contributed by atoms with Crippen LogP contribution in [0.3, 0.4) is 0 Å². The van der Waals surface area contributed by atoms with Crippen LogP contribution in [0.4, 0.5) is 11.6 Å². The van der Waals surface area contributed by atoms with Gasteiger partial charge in [-0.25, -0.2) is 19.9 Å². The zero-order valence-corrected chi connectivity index (χ0v) is 22.3. The van der Waals surface area contributed by atoms with Crippen LogP contribution in [0.5, 0.6) is 0 Å². The summed E-state index contributed by atoms with van der Waals surface area (Å²) in [7, 11) is 0. The molecule has 4 aromatic rings. The SMILES string of the molecule is Cc1ccc2c(NCCCCCCCCCCNc3ncnc4c(C)c(C)ccc34)ncnc2c1C. The maximum Gasteiger partial charge on any atom is 0.137 e. The number of aromatic nitrogens is 4. The number of nitrogens with zero attached hydrogens (tertiary/aromatic N) is 4. The van der Waals surface area contributed by atoms with Crippen LogP contribution in [-0.4, -0.2) is 33.0 Å². The molecule has 0 unspecified atom stereocenters. The maximum absolute atomic E-state index is 4.48. The molecule has 0 fully saturated rings. The first-order valence-electron chi connectivity index (χ1n) is 13.5. The molecule has 0 aliphatic rings. The zero-order chi connectivity index (χ0) is 25.3. The van der Waals surface area contributed by atoms with E-state index in [9.17, 15) is 0 Å². The lowest BCUT2D eigenvalue weighted by atomic mass is 10.1. The molecule has 0 spiro atoms. The molecule has 0 radical (unpaired) electrons. The highest BCUT2D eigenvalue weighted by atomic mass is 15.0. The van der Waals surface area contributed by atoms with Crippen molar-refractivity contribution >= 4 is 33.4 Å².